The molecule has 146 valence electrons. The fourth-order valence-corrected chi connectivity index (χ4v) is 4.22. The van der Waals surface area contributed by atoms with Crippen molar-refractivity contribution in [2.75, 3.05) is 25.1 Å². The molecule has 0 bridgehead atoms. The van der Waals surface area contributed by atoms with Crippen LogP contribution < -0.4 is 9.04 Å². The molecule has 6 nitrogen and oxygen atoms in total. The summed E-state index contributed by atoms with van der Waals surface area (Å²) < 4.78 is 37.1. The molecule has 0 radical (unpaired) electrons. The minimum absolute atomic E-state index is 0.0508. The first-order valence-corrected chi connectivity index (χ1v) is 10.1. The Morgan fingerprint density at radius 2 is 1.74 bits per heavy atom. The van der Waals surface area contributed by atoms with Gasteiger partial charge in [0.15, 0.2) is 0 Å². The molecule has 0 unspecified atom stereocenters. The van der Waals surface area contributed by atoms with Crippen LogP contribution in [0.4, 0.5) is 5.69 Å². The largest absolute Gasteiger partial charge is 0.495 e. The summed E-state index contributed by atoms with van der Waals surface area (Å²) in [6.07, 6.45) is 0. The van der Waals surface area contributed by atoms with Gasteiger partial charge in [0.05, 0.1) is 29.8 Å². The molecule has 2 aromatic carbocycles. The van der Waals surface area contributed by atoms with Gasteiger partial charge in [0.2, 0.25) is 0 Å². The maximum atomic E-state index is 13.2. The summed E-state index contributed by atoms with van der Waals surface area (Å²) in [7, 11) is -1.40. The number of halogens is 1. The smallest absolute Gasteiger partial charge is 0.326 e. The van der Waals surface area contributed by atoms with E-state index in [4.69, 9.17) is 16.3 Å². The van der Waals surface area contributed by atoms with Gasteiger partial charge in [0.1, 0.15) is 12.3 Å². The van der Waals surface area contributed by atoms with E-state index in [-0.39, 0.29) is 9.92 Å². The molecular formula is C19H22ClNO5S. The number of hydrogen-bond acceptors (Lipinski definition) is 5. The number of carbonyl (C=O) groups excluding carboxylic acids is 1. The van der Waals surface area contributed by atoms with Crippen molar-refractivity contribution in [1.29, 1.82) is 0 Å². The molecule has 2 rings (SSSR count). The molecule has 0 saturated carbocycles. The second-order valence-corrected chi connectivity index (χ2v) is 8.40. The number of sulfonamides is 1. The lowest BCUT2D eigenvalue weighted by atomic mass is 10.0. The summed E-state index contributed by atoms with van der Waals surface area (Å²) in [5.74, 6) is -0.0207. The Morgan fingerprint density at radius 1 is 1.11 bits per heavy atom. The van der Waals surface area contributed by atoms with Gasteiger partial charge in [-0.1, -0.05) is 37.6 Å². The van der Waals surface area contributed by atoms with E-state index in [0.717, 1.165) is 9.87 Å². The molecular weight excluding hydrogens is 390 g/mol. The van der Waals surface area contributed by atoms with Crippen molar-refractivity contribution in [3.8, 4) is 5.75 Å². The number of esters is 1. The molecule has 0 atom stereocenters. The van der Waals surface area contributed by atoms with Crippen molar-refractivity contribution < 1.29 is 22.7 Å². The molecule has 0 amide bonds. The lowest BCUT2D eigenvalue weighted by Crippen LogP contribution is -2.36. The molecule has 0 aromatic heterocycles. The van der Waals surface area contributed by atoms with Crippen LogP contribution in [-0.4, -0.2) is 35.2 Å². The summed E-state index contributed by atoms with van der Waals surface area (Å²) >= 11 is 6.08. The molecule has 0 fully saturated rings. The Hall–Kier alpha value is -2.25. The highest BCUT2D eigenvalue weighted by Gasteiger charge is 2.28. The van der Waals surface area contributed by atoms with Gasteiger partial charge in [-0.15, -0.1) is 0 Å². The van der Waals surface area contributed by atoms with Crippen LogP contribution in [0.3, 0.4) is 0 Å². The third kappa shape index (κ3) is 4.73. The van der Waals surface area contributed by atoms with Crippen LogP contribution in [0.15, 0.2) is 47.4 Å². The molecule has 0 heterocycles. The van der Waals surface area contributed by atoms with Gasteiger partial charge in [-0.3, -0.25) is 9.10 Å². The number of hydrogen-bond donors (Lipinski definition) is 0. The number of anilines is 1. The van der Waals surface area contributed by atoms with Crippen LogP contribution in [0.2, 0.25) is 5.02 Å². The van der Waals surface area contributed by atoms with Gasteiger partial charge in [-0.05, 0) is 41.8 Å². The lowest BCUT2D eigenvalue weighted by Gasteiger charge is -2.24. The first-order chi connectivity index (χ1) is 12.7. The number of benzene rings is 2. The van der Waals surface area contributed by atoms with E-state index in [1.807, 2.05) is 26.0 Å². The number of nitrogens with zero attached hydrogens (tertiary/aromatic N) is 1. The van der Waals surface area contributed by atoms with E-state index >= 15 is 0 Å². The Balaban J connectivity index is 2.51. The molecule has 0 N–H and O–H groups in total. The number of carbonyl (C=O) groups is 1. The van der Waals surface area contributed by atoms with Crippen molar-refractivity contribution >= 4 is 33.3 Å². The zero-order chi connectivity index (χ0) is 20.2. The number of ether oxygens (including phenoxy) is 2. The Kier molecular flexibility index (Phi) is 6.73. The predicted octanol–water partition coefficient (Wildman–Crippen LogP) is 3.84. The Labute approximate surface area is 164 Å². The zero-order valence-electron chi connectivity index (χ0n) is 15.6. The normalized spacial score (nSPS) is 11.3. The molecule has 0 aliphatic heterocycles. The lowest BCUT2D eigenvalue weighted by molar-refractivity contribution is -0.138. The summed E-state index contributed by atoms with van der Waals surface area (Å²) in [6, 6.07) is 11.1. The van der Waals surface area contributed by atoms with Crippen molar-refractivity contribution in [3.63, 3.8) is 0 Å². The van der Waals surface area contributed by atoms with E-state index in [2.05, 4.69) is 4.74 Å². The third-order valence-corrected chi connectivity index (χ3v) is 6.12. The highest BCUT2D eigenvalue weighted by atomic mass is 35.5. The van der Waals surface area contributed by atoms with Gasteiger partial charge >= 0.3 is 5.97 Å². The van der Waals surface area contributed by atoms with Crippen LogP contribution in [0.1, 0.15) is 25.3 Å². The van der Waals surface area contributed by atoms with Crippen LogP contribution >= 0.6 is 11.6 Å². The maximum Gasteiger partial charge on any atom is 0.326 e. The minimum Gasteiger partial charge on any atom is -0.495 e. The van der Waals surface area contributed by atoms with Crippen molar-refractivity contribution in [2.24, 2.45) is 0 Å². The highest BCUT2D eigenvalue weighted by Crippen LogP contribution is 2.31. The van der Waals surface area contributed by atoms with Gasteiger partial charge in [0.25, 0.3) is 10.0 Å². The highest BCUT2D eigenvalue weighted by molar-refractivity contribution is 7.92. The first-order valence-electron chi connectivity index (χ1n) is 8.23. The second kappa shape index (κ2) is 8.63. The van der Waals surface area contributed by atoms with E-state index in [1.165, 1.54) is 32.4 Å². The molecule has 8 heteroatoms. The van der Waals surface area contributed by atoms with Crippen LogP contribution in [0.5, 0.6) is 5.75 Å². The molecule has 0 spiro atoms. The van der Waals surface area contributed by atoms with Crippen LogP contribution in [0, 0.1) is 0 Å². The van der Waals surface area contributed by atoms with Gasteiger partial charge in [0, 0.05) is 0 Å². The Morgan fingerprint density at radius 3 is 2.22 bits per heavy atom. The summed E-state index contributed by atoms with van der Waals surface area (Å²) in [4.78, 5) is 11.8. The average molecular weight is 412 g/mol. The average Bonchev–Trinajstić information content (AvgIpc) is 2.65. The third-order valence-electron chi connectivity index (χ3n) is 4.06. The molecule has 0 saturated heterocycles. The number of rotatable bonds is 7. The van der Waals surface area contributed by atoms with Gasteiger partial charge in [-0.2, -0.15) is 0 Å². The minimum atomic E-state index is -4.05. The maximum absolute atomic E-state index is 13.2. The standard InChI is InChI=1S/C19H22ClNO5S/c1-13(2)14-5-7-15(8-6-14)21(12-19(22)26-4)27(23,24)16-9-10-18(25-3)17(20)11-16/h5-11,13H,12H2,1-4H3. The van der Waals surface area contributed by atoms with E-state index < -0.39 is 22.5 Å². The second-order valence-electron chi connectivity index (χ2n) is 6.13. The topological polar surface area (TPSA) is 72.9 Å². The van der Waals surface area contributed by atoms with Crippen molar-refractivity contribution in [3.05, 3.63) is 53.1 Å². The summed E-state index contributed by atoms with van der Waals surface area (Å²) in [5.41, 5.74) is 1.42. The fraction of sp³-hybridized carbons (Fsp3) is 0.316. The Bertz CT molecular complexity index is 910. The summed E-state index contributed by atoms with van der Waals surface area (Å²) in [5, 5.41) is 0.159. The van der Waals surface area contributed by atoms with Crippen LogP contribution in [0.25, 0.3) is 0 Å². The van der Waals surface area contributed by atoms with E-state index in [1.54, 1.807) is 12.1 Å². The predicted molar refractivity (Wildman–Crippen MR) is 105 cm³/mol. The van der Waals surface area contributed by atoms with E-state index in [9.17, 15) is 13.2 Å². The molecule has 27 heavy (non-hydrogen) atoms. The van der Waals surface area contributed by atoms with Crippen LogP contribution in [-0.2, 0) is 19.6 Å². The number of methoxy groups -OCH3 is 2. The molecule has 0 aliphatic carbocycles. The van der Waals surface area contributed by atoms with Crippen molar-refractivity contribution in [2.45, 2.75) is 24.7 Å². The van der Waals surface area contributed by atoms with Gasteiger partial charge in [-0.25, -0.2) is 8.42 Å². The molecule has 2 aromatic rings. The molecule has 0 aliphatic rings. The van der Waals surface area contributed by atoms with Gasteiger partial charge < -0.3 is 9.47 Å². The SMILES string of the molecule is COC(=O)CN(c1ccc(C(C)C)cc1)S(=O)(=O)c1ccc(OC)c(Cl)c1. The first kappa shape index (κ1) is 21.1. The quantitative estimate of drug-likeness (QED) is 0.647. The monoisotopic (exact) mass is 411 g/mol. The fourth-order valence-electron chi connectivity index (χ4n) is 2.46. The summed E-state index contributed by atoms with van der Waals surface area (Å²) in [6.45, 7) is 3.62. The zero-order valence-corrected chi connectivity index (χ0v) is 17.2. The van der Waals surface area contributed by atoms with E-state index in [0.29, 0.717) is 17.4 Å². The van der Waals surface area contributed by atoms with Crippen molar-refractivity contribution in [1.82, 2.24) is 0 Å².